The Kier molecular flexibility index (Phi) is 4.96. The highest BCUT2D eigenvalue weighted by Crippen LogP contribution is 2.56. The number of ether oxygens (including phenoxy) is 2. The fourth-order valence-corrected chi connectivity index (χ4v) is 8.69. The minimum absolute atomic E-state index is 0.804. The SMILES string of the molecule is c1ccc(-c2cccc(N(c3ccc4c(c3)sc3ccccc34)c3ccc4c5c3c3cccc6c3n5-c3c(cccc3O4)O6)c2)cc1. The van der Waals surface area contributed by atoms with E-state index in [1.54, 1.807) is 0 Å². The lowest BCUT2D eigenvalue weighted by Crippen LogP contribution is -2.12. The van der Waals surface area contributed by atoms with Crippen molar-refractivity contribution in [1.82, 2.24) is 4.57 Å². The molecule has 0 N–H and O–H groups in total. The zero-order chi connectivity index (χ0) is 30.6. The predicted octanol–water partition coefficient (Wildman–Crippen LogP) is 12.5. The molecule has 4 heterocycles. The monoisotopic (exact) mass is 620 g/mol. The van der Waals surface area contributed by atoms with Crippen LogP contribution in [-0.4, -0.2) is 4.57 Å². The van der Waals surface area contributed by atoms with E-state index in [9.17, 15) is 0 Å². The third-order valence-corrected chi connectivity index (χ3v) is 10.7. The first-order valence-electron chi connectivity index (χ1n) is 15.8. The molecule has 7 aromatic carbocycles. The second-order valence-electron chi connectivity index (χ2n) is 12.1. The summed E-state index contributed by atoms with van der Waals surface area (Å²) in [7, 11) is 0. The molecule has 11 rings (SSSR count). The molecular formula is C42H24N2O2S. The lowest BCUT2D eigenvalue weighted by Gasteiger charge is -2.29. The van der Waals surface area contributed by atoms with Gasteiger partial charge in [-0.3, -0.25) is 4.57 Å². The van der Waals surface area contributed by atoms with Crippen LogP contribution >= 0.6 is 11.3 Å². The first-order chi connectivity index (χ1) is 23.3. The average Bonchev–Trinajstić information content (AvgIpc) is 3.68. The molecule has 47 heavy (non-hydrogen) atoms. The largest absolute Gasteiger partial charge is 0.453 e. The lowest BCUT2D eigenvalue weighted by molar-refractivity contribution is 0.444. The molecule has 2 aliphatic rings. The Labute approximate surface area is 273 Å². The van der Waals surface area contributed by atoms with E-state index in [-0.39, 0.29) is 0 Å². The van der Waals surface area contributed by atoms with Gasteiger partial charge in [0, 0.05) is 42.3 Å². The molecule has 0 aliphatic carbocycles. The van der Waals surface area contributed by atoms with Crippen LogP contribution in [-0.2, 0) is 0 Å². The Morgan fingerprint density at radius 2 is 1.15 bits per heavy atom. The molecule has 0 saturated heterocycles. The molecule has 0 bridgehead atoms. The molecule has 0 amide bonds. The topological polar surface area (TPSA) is 26.6 Å². The molecular weight excluding hydrogens is 597 g/mol. The standard InChI is InChI=1S/C42H24N2O2S/c1-2-9-25(10-3-1)26-11-6-12-27(23-26)43(28-19-20-30-29-13-4-5-18-37(29)47-38(30)24-28)32-21-22-36-42-39(32)31-14-7-15-33-40(31)44(42)41-34(45-33)16-8-17-35(41)46-36/h1-24H. The first-order valence-corrected chi connectivity index (χ1v) is 16.6. The van der Waals surface area contributed by atoms with Crippen molar-refractivity contribution in [2.45, 2.75) is 0 Å². The number of fused-ring (bicyclic) bond motifs is 4. The minimum atomic E-state index is 0.804. The van der Waals surface area contributed by atoms with Crippen molar-refractivity contribution in [3.8, 4) is 39.8 Å². The highest BCUT2D eigenvalue weighted by atomic mass is 32.1. The van der Waals surface area contributed by atoms with Gasteiger partial charge in [0.2, 0.25) is 0 Å². The summed E-state index contributed by atoms with van der Waals surface area (Å²) in [5, 5.41) is 4.84. The van der Waals surface area contributed by atoms with Gasteiger partial charge in [0.1, 0.15) is 5.69 Å². The fourth-order valence-electron chi connectivity index (χ4n) is 7.55. The van der Waals surface area contributed by atoms with Gasteiger partial charge in [0.15, 0.2) is 23.0 Å². The Hall–Kier alpha value is -6.04. The highest BCUT2D eigenvalue weighted by molar-refractivity contribution is 7.25. The quantitative estimate of drug-likeness (QED) is 0.196. The summed E-state index contributed by atoms with van der Waals surface area (Å²) in [5.74, 6) is 3.30. The summed E-state index contributed by atoms with van der Waals surface area (Å²) in [4.78, 5) is 2.41. The van der Waals surface area contributed by atoms with E-state index >= 15 is 0 Å². The summed E-state index contributed by atoms with van der Waals surface area (Å²) in [6.45, 7) is 0. The molecule has 0 spiro atoms. The second kappa shape index (κ2) is 9.25. The van der Waals surface area contributed by atoms with Gasteiger partial charge in [-0.1, -0.05) is 84.9 Å². The number of nitrogens with zero attached hydrogens (tertiary/aromatic N) is 2. The van der Waals surface area contributed by atoms with Crippen LogP contribution in [0.25, 0.3) is 58.8 Å². The molecule has 0 saturated carbocycles. The van der Waals surface area contributed by atoms with Crippen LogP contribution in [0.15, 0.2) is 146 Å². The number of thiophene rings is 1. The number of hydrogen-bond acceptors (Lipinski definition) is 4. The van der Waals surface area contributed by atoms with Gasteiger partial charge in [-0.2, -0.15) is 0 Å². The van der Waals surface area contributed by atoms with Crippen LogP contribution in [0.5, 0.6) is 23.0 Å². The third-order valence-electron chi connectivity index (χ3n) is 9.53. The van der Waals surface area contributed by atoms with E-state index < -0.39 is 0 Å². The van der Waals surface area contributed by atoms with E-state index in [1.165, 1.54) is 31.3 Å². The van der Waals surface area contributed by atoms with Gasteiger partial charge in [-0.15, -0.1) is 11.3 Å². The van der Waals surface area contributed by atoms with Crippen molar-refractivity contribution >= 4 is 70.4 Å². The van der Waals surface area contributed by atoms with Crippen molar-refractivity contribution in [3.63, 3.8) is 0 Å². The summed E-state index contributed by atoms with van der Waals surface area (Å²) in [6.07, 6.45) is 0. The molecule has 0 atom stereocenters. The number of anilines is 3. The van der Waals surface area contributed by atoms with Crippen LogP contribution in [0.4, 0.5) is 17.1 Å². The number of hydrogen-bond donors (Lipinski definition) is 0. The second-order valence-corrected chi connectivity index (χ2v) is 13.2. The van der Waals surface area contributed by atoms with Crippen molar-refractivity contribution in [1.29, 1.82) is 0 Å². The van der Waals surface area contributed by atoms with E-state index in [0.29, 0.717) is 0 Å². The zero-order valence-electron chi connectivity index (χ0n) is 25.0. The first kappa shape index (κ1) is 25.2. The lowest BCUT2D eigenvalue weighted by atomic mass is 10.0. The van der Waals surface area contributed by atoms with Gasteiger partial charge in [0.05, 0.1) is 16.7 Å². The molecule has 2 aromatic heterocycles. The summed E-state index contributed by atoms with van der Waals surface area (Å²) in [5.41, 5.74) is 8.71. The number of rotatable bonds is 4. The van der Waals surface area contributed by atoms with Crippen LogP contribution in [0.1, 0.15) is 0 Å². The van der Waals surface area contributed by atoms with Gasteiger partial charge >= 0.3 is 0 Å². The maximum atomic E-state index is 6.59. The molecule has 0 unspecified atom stereocenters. The van der Waals surface area contributed by atoms with Gasteiger partial charge in [-0.25, -0.2) is 0 Å². The van der Waals surface area contributed by atoms with Crippen molar-refractivity contribution in [2.24, 2.45) is 0 Å². The molecule has 2 aliphatic heterocycles. The molecule has 220 valence electrons. The Morgan fingerprint density at radius 1 is 0.468 bits per heavy atom. The third kappa shape index (κ3) is 3.46. The van der Waals surface area contributed by atoms with Gasteiger partial charge in [-0.05, 0) is 71.8 Å². The summed E-state index contributed by atoms with van der Waals surface area (Å²) < 4.78 is 18.0. The fraction of sp³-hybridized carbons (Fsp3) is 0. The normalized spacial score (nSPS) is 12.6. The maximum absolute atomic E-state index is 6.59. The van der Waals surface area contributed by atoms with Crippen molar-refractivity contribution in [3.05, 3.63) is 146 Å². The molecule has 0 radical (unpaired) electrons. The van der Waals surface area contributed by atoms with E-state index in [2.05, 4.69) is 137 Å². The van der Waals surface area contributed by atoms with E-state index in [4.69, 9.17) is 9.47 Å². The number of benzene rings is 7. The summed E-state index contributed by atoms with van der Waals surface area (Å²) in [6, 6.07) is 51.7. The van der Waals surface area contributed by atoms with Gasteiger partial charge < -0.3 is 14.4 Å². The predicted molar refractivity (Wildman–Crippen MR) is 194 cm³/mol. The zero-order valence-corrected chi connectivity index (χ0v) is 25.8. The summed E-state index contributed by atoms with van der Waals surface area (Å²) >= 11 is 1.84. The average molecular weight is 621 g/mol. The Morgan fingerprint density at radius 3 is 2.04 bits per heavy atom. The number of para-hydroxylation sites is 2. The van der Waals surface area contributed by atoms with Crippen LogP contribution in [0.3, 0.4) is 0 Å². The molecule has 9 aromatic rings. The van der Waals surface area contributed by atoms with E-state index in [0.717, 1.165) is 67.6 Å². The van der Waals surface area contributed by atoms with Crippen LogP contribution in [0, 0.1) is 0 Å². The van der Waals surface area contributed by atoms with Gasteiger partial charge in [0.25, 0.3) is 0 Å². The Balaban J connectivity index is 1.23. The highest BCUT2D eigenvalue weighted by Gasteiger charge is 2.33. The minimum Gasteiger partial charge on any atom is -0.453 e. The smallest absolute Gasteiger partial charge is 0.155 e. The van der Waals surface area contributed by atoms with Crippen molar-refractivity contribution < 1.29 is 9.47 Å². The van der Waals surface area contributed by atoms with Crippen molar-refractivity contribution in [2.75, 3.05) is 4.90 Å². The number of aromatic nitrogens is 1. The van der Waals surface area contributed by atoms with Crippen LogP contribution < -0.4 is 14.4 Å². The van der Waals surface area contributed by atoms with E-state index in [1.807, 2.05) is 29.5 Å². The van der Waals surface area contributed by atoms with Crippen LogP contribution in [0.2, 0.25) is 0 Å². The maximum Gasteiger partial charge on any atom is 0.155 e. The molecule has 0 fully saturated rings. The Bertz CT molecular complexity index is 2740. The molecule has 4 nitrogen and oxygen atoms in total. The molecule has 5 heteroatoms.